The number of aliphatic imine (C=N–C) groups is 1. The molecule has 2 heterocycles. The first kappa shape index (κ1) is 24.7. The minimum absolute atomic E-state index is 0.0581. The van der Waals surface area contributed by atoms with E-state index in [9.17, 15) is 4.79 Å². The lowest BCUT2D eigenvalue weighted by Crippen LogP contribution is -2.35. The number of hydrogen-bond donors (Lipinski definition) is 1. The maximum absolute atomic E-state index is 12.9. The van der Waals surface area contributed by atoms with Gasteiger partial charge in [0.2, 0.25) is 0 Å². The minimum atomic E-state index is 0.0581. The Balaban J connectivity index is 1.13. The molecule has 2 aliphatic rings. The van der Waals surface area contributed by atoms with Gasteiger partial charge in [0.15, 0.2) is 5.75 Å². The molecule has 0 saturated carbocycles. The number of nitrogens with zero attached hydrogens (tertiary/aromatic N) is 2. The highest BCUT2D eigenvalue weighted by Crippen LogP contribution is 2.34. The molecule has 0 radical (unpaired) electrons. The Kier molecular flexibility index (Phi) is 7.04. The van der Waals surface area contributed by atoms with Gasteiger partial charge in [0.25, 0.3) is 5.91 Å². The summed E-state index contributed by atoms with van der Waals surface area (Å²) in [6.07, 6.45) is 4.58. The van der Waals surface area contributed by atoms with E-state index >= 15 is 0 Å². The highest BCUT2D eigenvalue weighted by Gasteiger charge is 2.32. The van der Waals surface area contributed by atoms with Crippen LogP contribution in [0.25, 0.3) is 0 Å². The maximum Gasteiger partial charge on any atom is 0.256 e. The molecule has 2 N–H and O–H groups in total. The highest BCUT2D eigenvalue weighted by atomic mass is 16.5. The van der Waals surface area contributed by atoms with Gasteiger partial charge in [-0.25, -0.2) is 0 Å². The summed E-state index contributed by atoms with van der Waals surface area (Å²) in [7, 11) is 0. The van der Waals surface area contributed by atoms with Gasteiger partial charge in [-0.05, 0) is 80.6 Å². The Morgan fingerprint density at radius 3 is 2.54 bits per heavy atom. The van der Waals surface area contributed by atoms with Crippen molar-refractivity contribution in [2.24, 2.45) is 4.99 Å². The number of carbonyl (C=O) groups is 1. The molecular weight excluding hydrogens is 466 g/mol. The zero-order valence-electron chi connectivity index (χ0n) is 21.6. The molecular formula is C30H33N3O4. The minimum Gasteiger partial charge on any atom is -0.493 e. The summed E-state index contributed by atoms with van der Waals surface area (Å²) < 4.78 is 17.8. The Bertz CT molecular complexity index is 1350. The zero-order valence-corrected chi connectivity index (χ0v) is 21.6. The van der Waals surface area contributed by atoms with Crippen molar-refractivity contribution < 1.29 is 19.0 Å². The Morgan fingerprint density at radius 1 is 0.919 bits per heavy atom. The Labute approximate surface area is 217 Å². The second-order valence-electron chi connectivity index (χ2n) is 9.72. The molecule has 5 rings (SSSR count). The van der Waals surface area contributed by atoms with Gasteiger partial charge in [0.05, 0.1) is 36.2 Å². The lowest BCUT2D eigenvalue weighted by Gasteiger charge is -2.20. The van der Waals surface area contributed by atoms with Crippen LogP contribution < -0.4 is 19.9 Å². The van der Waals surface area contributed by atoms with Crippen LogP contribution in [0.4, 0.5) is 11.4 Å². The quantitative estimate of drug-likeness (QED) is 0.297. The standard InChI is InChI=1S/C30H33N3O4/c1-19-7-8-24(14-20(19)2)37-28-10-9-23(16-26(28)31)35-12-5-13-36-29-17-27-25(15-21(29)3)30(34)33-11-4-6-22(33)18-32-27/h7-10,14-18,22H,4-6,11-13,31H2,1-3H3/t22-/m0/s1. The monoisotopic (exact) mass is 499 g/mol. The van der Waals surface area contributed by atoms with Gasteiger partial charge < -0.3 is 24.8 Å². The van der Waals surface area contributed by atoms with Crippen LogP contribution in [0, 0.1) is 20.8 Å². The molecule has 3 aromatic rings. The van der Waals surface area contributed by atoms with E-state index in [0.29, 0.717) is 48.1 Å². The van der Waals surface area contributed by atoms with Gasteiger partial charge in [-0.2, -0.15) is 0 Å². The second-order valence-corrected chi connectivity index (χ2v) is 9.72. The average Bonchev–Trinajstić information content (AvgIpc) is 3.31. The topological polar surface area (TPSA) is 86.4 Å². The molecule has 0 spiro atoms. The zero-order chi connectivity index (χ0) is 25.9. The van der Waals surface area contributed by atoms with Crippen molar-refractivity contribution in [2.75, 3.05) is 25.5 Å². The summed E-state index contributed by atoms with van der Waals surface area (Å²) in [4.78, 5) is 19.5. The summed E-state index contributed by atoms with van der Waals surface area (Å²) in [5.41, 5.74) is 11.3. The second kappa shape index (κ2) is 10.5. The van der Waals surface area contributed by atoms with E-state index in [4.69, 9.17) is 19.9 Å². The van der Waals surface area contributed by atoms with Crippen molar-refractivity contribution in [2.45, 2.75) is 46.1 Å². The molecule has 7 nitrogen and oxygen atoms in total. The smallest absolute Gasteiger partial charge is 0.256 e. The fraction of sp³-hybridized carbons (Fsp3) is 0.333. The number of fused-ring (bicyclic) bond motifs is 2. The number of ether oxygens (including phenoxy) is 3. The number of rotatable bonds is 8. The van der Waals surface area contributed by atoms with Crippen molar-refractivity contribution in [1.29, 1.82) is 0 Å². The van der Waals surface area contributed by atoms with E-state index in [1.54, 1.807) is 6.07 Å². The van der Waals surface area contributed by atoms with Crippen molar-refractivity contribution >= 4 is 23.5 Å². The van der Waals surface area contributed by atoms with Crippen LogP contribution in [0.3, 0.4) is 0 Å². The first-order valence-electron chi connectivity index (χ1n) is 12.8. The number of nitrogen functional groups attached to an aromatic ring is 1. The van der Waals surface area contributed by atoms with Crippen LogP contribution in [-0.4, -0.2) is 42.8 Å². The van der Waals surface area contributed by atoms with E-state index in [1.165, 1.54) is 11.1 Å². The summed E-state index contributed by atoms with van der Waals surface area (Å²) in [6, 6.07) is 15.3. The number of aryl methyl sites for hydroxylation is 3. The summed E-state index contributed by atoms with van der Waals surface area (Å²) in [5.74, 6) is 2.83. The fourth-order valence-corrected chi connectivity index (χ4v) is 4.68. The largest absolute Gasteiger partial charge is 0.493 e. The molecule has 37 heavy (non-hydrogen) atoms. The number of carbonyl (C=O) groups excluding carboxylic acids is 1. The Morgan fingerprint density at radius 2 is 1.73 bits per heavy atom. The molecule has 1 saturated heterocycles. The normalized spacial score (nSPS) is 16.2. The third kappa shape index (κ3) is 5.40. The average molecular weight is 500 g/mol. The number of hydrogen-bond acceptors (Lipinski definition) is 6. The third-order valence-electron chi connectivity index (χ3n) is 6.97. The number of benzene rings is 3. The number of nitrogens with two attached hydrogens (primary N) is 1. The first-order valence-corrected chi connectivity index (χ1v) is 12.8. The molecule has 1 amide bonds. The van der Waals surface area contributed by atoms with Crippen LogP contribution in [0.15, 0.2) is 53.5 Å². The van der Waals surface area contributed by atoms with Crippen LogP contribution in [0.1, 0.15) is 46.3 Å². The molecule has 7 heteroatoms. The summed E-state index contributed by atoms with van der Waals surface area (Å²) >= 11 is 0. The Hall–Kier alpha value is -4.00. The molecule has 0 unspecified atom stereocenters. The summed E-state index contributed by atoms with van der Waals surface area (Å²) in [6.45, 7) is 7.83. The summed E-state index contributed by atoms with van der Waals surface area (Å²) in [5, 5.41) is 0. The van der Waals surface area contributed by atoms with Gasteiger partial charge in [0.1, 0.15) is 17.2 Å². The third-order valence-corrected chi connectivity index (χ3v) is 6.97. The lowest BCUT2D eigenvalue weighted by molar-refractivity contribution is 0.0774. The molecule has 0 aliphatic carbocycles. The molecule has 192 valence electrons. The predicted molar refractivity (Wildman–Crippen MR) is 146 cm³/mol. The molecule has 0 aromatic heterocycles. The van der Waals surface area contributed by atoms with Crippen molar-refractivity contribution in [3.63, 3.8) is 0 Å². The lowest BCUT2D eigenvalue weighted by atomic mass is 10.1. The van der Waals surface area contributed by atoms with Crippen molar-refractivity contribution in [1.82, 2.24) is 4.90 Å². The van der Waals surface area contributed by atoms with Crippen molar-refractivity contribution in [3.05, 3.63) is 70.8 Å². The van der Waals surface area contributed by atoms with Gasteiger partial charge in [-0.3, -0.25) is 9.79 Å². The molecule has 1 atom stereocenters. The predicted octanol–water partition coefficient (Wildman–Crippen LogP) is 6.15. The van der Waals surface area contributed by atoms with E-state index in [2.05, 4.69) is 18.8 Å². The van der Waals surface area contributed by atoms with Crippen LogP contribution in [0.2, 0.25) is 0 Å². The highest BCUT2D eigenvalue weighted by molar-refractivity contribution is 6.03. The first-order chi connectivity index (χ1) is 17.9. The van der Waals surface area contributed by atoms with Crippen LogP contribution in [0.5, 0.6) is 23.0 Å². The van der Waals surface area contributed by atoms with Crippen LogP contribution >= 0.6 is 0 Å². The van der Waals surface area contributed by atoms with Crippen molar-refractivity contribution in [3.8, 4) is 23.0 Å². The van der Waals surface area contributed by atoms with Gasteiger partial charge >= 0.3 is 0 Å². The molecule has 1 fully saturated rings. The van der Waals surface area contributed by atoms with Gasteiger partial charge in [-0.1, -0.05) is 6.07 Å². The van der Waals surface area contributed by atoms with E-state index < -0.39 is 0 Å². The molecule has 3 aromatic carbocycles. The van der Waals surface area contributed by atoms with Crippen LogP contribution in [-0.2, 0) is 0 Å². The molecule has 0 bridgehead atoms. The van der Waals surface area contributed by atoms with Gasteiger partial charge in [0, 0.05) is 31.3 Å². The van der Waals surface area contributed by atoms with E-state index in [1.807, 2.05) is 60.5 Å². The van der Waals surface area contributed by atoms with E-state index in [0.717, 1.165) is 36.4 Å². The molecule has 2 aliphatic heterocycles. The van der Waals surface area contributed by atoms with Gasteiger partial charge in [-0.15, -0.1) is 0 Å². The number of amides is 1. The fourth-order valence-electron chi connectivity index (χ4n) is 4.68. The maximum atomic E-state index is 12.9. The van der Waals surface area contributed by atoms with E-state index in [-0.39, 0.29) is 11.9 Å². The number of anilines is 1. The SMILES string of the molecule is Cc1ccc(Oc2ccc(OCCCOc3cc4c(cc3C)C(=O)N3CCC[C@H]3C=N4)cc2N)cc1C.